The lowest BCUT2D eigenvalue weighted by molar-refractivity contribution is -0.137. The van der Waals surface area contributed by atoms with Gasteiger partial charge in [-0.1, -0.05) is 34.1 Å². The maximum Gasteiger partial charge on any atom is 0.416 e. The van der Waals surface area contributed by atoms with Crippen LogP contribution in [0.5, 0.6) is 0 Å². The normalized spacial score (nSPS) is 18.1. The molecule has 1 aliphatic carbocycles. The Morgan fingerprint density at radius 1 is 1.08 bits per heavy atom. The molecule has 0 radical (unpaired) electrons. The first-order chi connectivity index (χ1) is 17.7. The number of piperidine rings is 1. The molecule has 2 amide bonds. The molecule has 10 heteroatoms. The molecule has 1 saturated carbocycles. The maximum absolute atomic E-state index is 13.8. The summed E-state index contributed by atoms with van der Waals surface area (Å²) in [6, 6.07) is 11.9. The first-order valence-electron chi connectivity index (χ1n) is 12.2. The van der Waals surface area contributed by atoms with Gasteiger partial charge in [0, 0.05) is 35.1 Å². The van der Waals surface area contributed by atoms with Crippen LogP contribution in [0.4, 0.5) is 13.2 Å². The Morgan fingerprint density at radius 3 is 2.59 bits per heavy atom. The van der Waals surface area contributed by atoms with Crippen LogP contribution in [-0.2, 0) is 6.18 Å². The van der Waals surface area contributed by atoms with Crippen molar-refractivity contribution < 1.29 is 22.8 Å². The summed E-state index contributed by atoms with van der Waals surface area (Å²) >= 11 is 4.68. The lowest BCUT2D eigenvalue weighted by Gasteiger charge is -2.35. The molecule has 5 rings (SSSR count). The van der Waals surface area contributed by atoms with E-state index < -0.39 is 11.7 Å². The molecule has 2 fully saturated rings. The number of nitrogens with one attached hydrogen (secondary N) is 1. The third-order valence-corrected chi connectivity index (χ3v) is 8.46. The van der Waals surface area contributed by atoms with Gasteiger partial charge in [0.15, 0.2) is 0 Å². The fraction of sp³-hybridized carbons (Fsp3) is 0.370. The minimum absolute atomic E-state index is 0.205. The lowest BCUT2D eigenvalue weighted by Crippen LogP contribution is -2.49. The van der Waals surface area contributed by atoms with Crippen molar-refractivity contribution in [3.05, 3.63) is 74.8 Å². The number of carbonyl (C=O) groups excluding carboxylic acids is 2. The van der Waals surface area contributed by atoms with Crippen LogP contribution >= 0.6 is 27.3 Å². The Balaban J connectivity index is 1.40. The first kappa shape index (κ1) is 25.9. The van der Waals surface area contributed by atoms with Gasteiger partial charge in [-0.15, -0.1) is 11.3 Å². The number of carbonyl (C=O) groups is 2. The molecule has 5 nitrogen and oxygen atoms in total. The number of hydrogen-bond acceptors (Lipinski definition) is 4. The summed E-state index contributed by atoms with van der Waals surface area (Å²) in [4.78, 5) is 33.4. The van der Waals surface area contributed by atoms with E-state index >= 15 is 0 Å². The summed E-state index contributed by atoms with van der Waals surface area (Å²) < 4.78 is 41.0. The van der Waals surface area contributed by atoms with Crippen LogP contribution < -0.4 is 5.32 Å². The Hall–Kier alpha value is -2.72. The molecule has 1 aliphatic heterocycles. The molecule has 2 aliphatic rings. The van der Waals surface area contributed by atoms with Crippen molar-refractivity contribution in [3.63, 3.8) is 0 Å². The highest BCUT2D eigenvalue weighted by Crippen LogP contribution is 2.45. The fourth-order valence-corrected chi connectivity index (χ4v) is 6.20. The Labute approximate surface area is 225 Å². The van der Waals surface area contributed by atoms with Gasteiger partial charge in [0.1, 0.15) is 5.69 Å². The second kappa shape index (κ2) is 10.6. The predicted octanol–water partition coefficient (Wildman–Crippen LogP) is 6.89. The number of nitrogens with zero attached hydrogens (tertiary/aromatic N) is 2. The third-order valence-electron chi connectivity index (χ3n) is 6.70. The van der Waals surface area contributed by atoms with E-state index in [1.165, 1.54) is 17.4 Å². The minimum Gasteiger partial charge on any atom is -0.350 e. The molecule has 2 heterocycles. The van der Waals surface area contributed by atoms with Crippen molar-refractivity contribution in [1.29, 1.82) is 0 Å². The predicted molar refractivity (Wildman–Crippen MR) is 140 cm³/mol. The molecule has 3 aromatic rings. The van der Waals surface area contributed by atoms with E-state index in [0.717, 1.165) is 53.7 Å². The average Bonchev–Trinajstić information content (AvgIpc) is 3.64. The number of likely N-dealkylation sites (tertiary alicyclic amines) is 1. The molecule has 37 heavy (non-hydrogen) atoms. The highest BCUT2D eigenvalue weighted by atomic mass is 79.9. The minimum atomic E-state index is -4.48. The van der Waals surface area contributed by atoms with Crippen molar-refractivity contribution in [3.8, 4) is 10.4 Å². The largest absolute Gasteiger partial charge is 0.416 e. The van der Waals surface area contributed by atoms with E-state index in [2.05, 4.69) is 26.2 Å². The molecule has 0 unspecified atom stereocenters. The summed E-state index contributed by atoms with van der Waals surface area (Å²) in [7, 11) is 0. The number of aromatic nitrogens is 1. The van der Waals surface area contributed by atoms with Crippen LogP contribution in [0.15, 0.2) is 53.0 Å². The van der Waals surface area contributed by atoms with Crippen LogP contribution in [0.25, 0.3) is 10.4 Å². The van der Waals surface area contributed by atoms with Crippen LogP contribution in [0.3, 0.4) is 0 Å². The Bertz CT molecular complexity index is 1320. The van der Waals surface area contributed by atoms with Crippen molar-refractivity contribution in [2.75, 3.05) is 13.1 Å². The summed E-state index contributed by atoms with van der Waals surface area (Å²) in [6.07, 6.45) is -0.0710. The van der Waals surface area contributed by atoms with Crippen molar-refractivity contribution >= 4 is 39.1 Å². The summed E-state index contributed by atoms with van der Waals surface area (Å²) in [5.41, 5.74) is 0.315. The van der Waals surface area contributed by atoms with Crippen molar-refractivity contribution in [2.45, 2.75) is 50.2 Å². The highest BCUT2D eigenvalue weighted by molar-refractivity contribution is 9.10. The molecular formula is C27H25BrF3N3O2S. The molecule has 0 spiro atoms. The van der Waals surface area contributed by atoms with Gasteiger partial charge in [-0.3, -0.25) is 9.59 Å². The number of rotatable bonds is 6. The topological polar surface area (TPSA) is 62.3 Å². The quantitative estimate of drug-likeness (QED) is 0.339. The molecule has 1 N–H and O–H groups in total. The number of halogens is 4. The number of thiazole rings is 1. The summed E-state index contributed by atoms with van der Waals surface area (Å²) in [5.74, 6) is -0.261. The van der Waals surface area contributed by atoms with E-state index in [9.17, 15) is 22.8 Å². The van der Waals surface area contributed by atoms with Gasteiger partial charge in [0.2, 0.25) is 0 Å². The standard InChI is InChI=1S/C27H25BrF3N3O2S/c28-20-8-4-6-18(14-20)24(35)32-15-21-9-1-2-12-34(21)26(36)22-23(37-25(33-22)16-10-11-16)17-5-3-7-19(13-17)27(29,30)31/h3-8,13-14,16,21H,1-2,9-12,15H2,(H,32,35)/t21-/m0/s1. The smallest absolute Gasteiger partial charge is 0.350 e. The molecule has 1 aromatic heterocycles. The zero-order valence-corrected chi connectivity index (χ0v) is 22.3. The fourth-order valence-electron chi connectivity index (χ4n) is 4.58. The molecule has 1 atom stereocenters. The lowest BCUT2D eigenvalue weighted by atomic mass is 10.0. The van der Waals surface area contributed by atoms with Gasteiger partial charge in [0.05, 0.1) is 15.4 Å². The van der Waals surface area contributed by atoms with Gasteiger partial charge in [-0.25, -0.2) is 4.98 Å². The van der Waals surface area contributed by atoms with Crippen LogP contribution in [0.2, 0.25) is 0 Å². The van der Waals surface area contributed by atoms with Gasteiger partial charge < -0.3 is 10.2 Å². The zero-order valence-electron chi connectivity index (χ0n) is 19.9. The van der Waals surface area contributed by atoms with E-state index in [1.807, 2.05) is 6.07 Å². The molecule has 0 bridgehead atoms. The number of amides is 2. The average molecular weight is 592 g/mol. The van der Waals surface area contributed by atoms with Gasteiger partial charge in [-0.05, 0) is 68.0 Å². The molecular weight excluding hydrogens is 567 g/mol. The van der Waals surface area contributed by atoms with Gasteiger partial charge in [-0.2, -0.15) is 13.2 Å². The monoisotopic (exact) mass is 591 g/mol. The third kappa shape index (κ3) is 5.90. The SMILES string of the molecule is O=C(NC[C@@H]1CCCCN1C(=O)c1nc(C2CC2)sc1-c1cccc(C(F)(F)F)c1)c1cccc(Br)c1. The van der Waals surface area contributed by atoms with Gasteiger partial charge in [0.25, 0.3) is 11.8 Å². The molecule has 194 valence electrons. The first-order valence-corrected chi connectivity index (χ1v) is 13.8. The number of benzene rings is 2. The van der Waals surface area contributed by atoms with E-state index in [1.54, 1.807) is 29.2 Å². The summed E-state index contributed by atoms with van der Waals surface area (Å²) in [6.45, 7) is 0.796. The second-order valence-electron chi connectivity index (χ2n) is 9.45. The summed E-state index contributed by atoms with van der Waals surface area (Å²) in [5, 5.41) is 3.74. The molecule has 2 aromatic carbocycles. The Morgan fingerprint density at radius 2 is 1.86 bits per heavy atom. The van der Waals surface area contributed by atoms with E-state index in [-0.39, 0.29) is 36.0 Å². The van der Waals surface area contributed by atoms with Crippen LogP contribution in [0, 0.1) is 0 Å². The number of hydrogen-bond donors (Lipinski definition) is 1. The van der Waals surface area contributed by atoms with Crippen LogP contribution in [-0.4, -0.2) is 40.8 Å². The molecule has 1 saturated heterocycles. The number of alkyl halides is 3. The van der Waals surface area contributed by atoms with Crippen LogP contribution in [0.1, 0.15) is 69.4 Å². The highest BCUT2D eigenvalue weighted by Gasteiger charge is 2.36. The Kier molecular flexibility index (Phi) is 7.40. The van der Waals surface area contributed by atoms with Crippen molar-refractivity contribution in [1.82, 2.24) is 15.2 Å². The maximum atomic E-state index is 13.8. The van der Waals surface area contributed by atoms with E-state index in [4.69, 9.17) is 0 Å². The van der Waals surface area contributed by atoms with E-state index in [0.29, 0.717) is 22.5 Å². The zero-order chi connectivity index (χ0) is 26.2. The second-order valence-corrected chi connectivity index (χ2v) is 11.4. The van der Waals surface area contributed by atoms with Crippen molar-refractivity contribution in [2.24, 2.45) is 0 Å². The van der Waals surface area contributed by atoms with Gasteiger partial charge >= 0.3 is 6.18 Å².